The molecule has 150 valence electrons. The van der Waals surface area contributed by atoms with Gasteiger partial charge in [0.15, 0.2) is 6.17 Å². The molecule has 0 aliphatic carbocycles. The summed E-state index contributed by atoms with van der Waals surface area (Å²) in [7, 11) is 1.71. The van der Waals surface area contributed by atoms with Crippen molar-refractivity contribution in [2.75, 3.05) is 24.2 Å². The SMILES string of the molecule is CCc1ccccc1NC(=O)Oc1ccc2c(c1)[C@]1(C)CC[N@@+](C)([O-])[C@@H]1N2.Cl. The Labute approximate surface area is 171 Å². The first kappa shape index (κ1) is 20.5. The monoisotopic (exact) mass is 403 g/mol. The van der Waals surface area contributed by atoms with Crippen LogP contribution in [-0.4, -0.2) is 30.5 Å². The largest absolute Gasteiger partial charge is 0.631 e. The minimum Gasteiger partial charge on any atom is -0.631 e. The molecule has 0 unspecified atom stereocenters. The number of hydroxylamine groups is 3. The second-order valence-electron chi connectivity index (χ2n) is 7.84. The number of nitrogens with zero attached hydrogens (tertiary/aromatic N) is 1. The zero-order valence-electron chi connectivity index (χ0n) is 16.3. The number of halogens is 1. The number of quaternary nitrogens is 1. The van der Waals surface area contributed by atoms with Crippen molar-refractivity contribution in [2.24, 2.45) is 0 Å². The van der Waals surface area contributed by atoms with Gasteiger partial charge < -0.3 is 19.9 Å². The van der Waals surface area contributed by atoms with E-state index < -0.39 is 6.09 Å². The van der Waals surface area contributed by atoms with Crippen LogP contribution in [-0.2, 0) is 11.8 Å². The van der Waals surface area contributed by atoms with Crippen molar-refractivity contribution in [1.82, 2.24) is 0 Å². The van der Waals surface area contributed by atoms with Crippen LogP contribution in [0.2, 0.25) is 0 Å². The van der Waals surface area contributed by atoms with Crippen LogP contribution in [0.1, 0.15) is 31.4 Å². The quantitative estimate of drug-likeness (QED) is 0.578. The van der Waals surface area contributed by atoms with Crippen molar-refractivity contribution in [3.8, 4) is 5.75 Å². The number of nitrogens with one attached hydrogen (secondary N) is 2. The van der Waals surface area contributed by atoms with E-state index in [1.807, 2.05) is 43.3 Å². The Kier molecular flexibility index (Phi) is 5.32. The highest BCUT2D eigenvalue weighted by atomic mass is 35.5. The number of ether oxygens (including phenoxy) is 1. The van der Waals surface area contributed by atoms with Gasteiger partial charge >= 0.3 is 6.09 Å². The normalized spacial score (nSPS) is 27.2. The third kappa shape index (κ3) is 3.32. The zero-order chi connectivity index (χ0) is 19.2. The summed E-state index contributed by atoms with van der Waals surface area (Å²) < 4.78 is 5.23. The summed E-state index contributed by atoms with van der Waals surface area (Å²) >= 11 is 0. The highest BCUT2D eigenvalue weighted by molar-refractivity contribution is 5.87. The second-order valence-corrected chi connectivity index (χ2v) is 7.84. The average molecular weight is 404 g/mol. The first-order valence-electron chi connectivity index (χ1n) is 9.37. The fraction of sp³-hybridized carbons (Fsp3) is 0.381. The first-order chi connectivity index (χ1) is 12.8. The number of benzene rings is 2. The summed E-state index contributed by atoms with van der Waals surface area (Å²) in [5, 5.41) is 18.9. The van der Waals surface area contributed by atoms with E-state index in [1.54, 1.807) is 13.1 Å². The first-order valence-corrected chi connectivity index (χ1v) is 9.37. The molecule has 2 aliphatic heterocycles. The van der Waals surface area contributed by atoms with Crippen molar-refractivity contribution in [3.63, 3.8) is 0 Å². The molecule has 7 heteroatoms. The molecule has 0 spiro atoms. The fourth-order valence-electron chi connectivity index (χ4n) is 4.43. The third-order valence-electron chi connectivity index (χ3n) is 5.97. The van der Waals surface area contributed by atoms with Gasteiger partial charge in [-0.05, 0) is 48.7 Å². The minimum atomic E-state index is -0.514. The van der Waals surface area contributed by atoms with Crippen LogP contribution in [0.15, 0.2) is 42.5 Å². The third-order valence-corrected chi connectivity index (χ3v) is 5.97. The van der Waals surface area contributed by atoms with Gasteiger partial charge in [-0.2, -0.15) is 0 Å². The average Bonchev–Trinajstić information content (AvgIpc) is 3.06. The van der Waals surface area contributed by atoms with Crippen molar-refractivity contribution < 1.29 is 14.2 Å². The number of hydrogen-bond donors (Lipinski definition) is 2. The Morgan fingerprint density at radius 1 is 1.36 bits per heavy atom. The van der Waals surface area contributed by atoms with Gasteiger partial charge in [0.05, 0.1) is 19.0 Å². The van der Waals surface area contributed by atoms with Crippen LogP contribution < -0.4 is 15.4 Å². The highest BCUT2D eigenvalue weighted by Crippen LogP contribution is 2.51. The Hall–Kier alpha value is -2.28. The predicted octanol–water partition coefficient (Wildman–Crippen LogP) is 4.64. The molecule has 1 saturated heterocycles. The van der Waals surface area contributed by atoms with Gasteiger partial charge in [-0.15, -0.1) is 12.4 Å². The summed E-state index contributed by atoms with van der Waals surface area (Å²) in [6.07, 6.45) is 0.914. The number of anilines is 2. The van der Waals surface area contributed by atoms with Gasteiger partial charge in [0, 0.05) is 17.8 Å². The maximum Gasteiger partial charge on any atom is 0.417 e. The molecule has 0 aromatic heterocycles. The predicted molar refractivity (Wildman–Crippen MR) is 113 cm³/mol. The molecule has 28 heavy (non-hydrogen) atoms. The summed E-state index contributed by atoms with van der Waals surface area (Å²) in [5.74, 6) is 0.482. The fourth-order valence-corrected chi connectivity index (χ4v) is 4.43. The Balaban J connectivity index is 0.00000225. The van der Waals surface area contributed by atoms with Gasteiger partial charge in [-0.1, -0.05) is 25.1 Å². The minimum absolute atomic E-state index is 0. The number of likely N-dealkylation sites (tertiary alicyclic amines) is 1. The number of rotatable bonds is 3. The molecular formula is C21H26ClN3O3. The molecule has 2 aromatic rings. The Morgan fingerprint density at radius 2 is 2.11 bits per heavy atom. The van der Waals surface area contributed by atoms with E-state index in [9.17, 15) is 10.0 Å². The van der Waals surface area contributed by atoms with Crippen LogP contribution in [0.25, 0.3) is 0 Å². The van der Waals surface area contributed by atoms with Crippen LogP contribution in [0.5, 0.6) is 5.75 Å². The molecule has 2 aliphatic rings. The van der Waals surface area contributed by atoms with Crippen LogP contribution >= 0.6 is 12.4 Å². The molecule has 2 heterocycles. The molecule has 1 amide bonds. The van der Waals surface area contributed by atoms with Gasteiger partial charge in [-0.25, -0.2) is 4.79 Å². The number of amides is 1. The molecule has 2 N–H and O–H groups in total. The van der Waals surface area contributed by atoms with Gasteiger partial charge in [0.2, 0.25) is 0 Å². The van der Waals surface area contributed by atoms with E-state index in [-0.39, 0.29) is 28.6 Å². The number of carbonyl (C=O) groups is 1. The molecule has 0 bridgehead atoms. The maximum atomic E-state index is 12.7. The van der Waals surface area contributed by atoms with Crippen LogP contribution in [0.4, 0.5) is 16.2 Å². The molecular weight excluding hydrogens is 378 g/mol. The summed E-state index contributed by atoms with van der Waals surface area (Å²) in [6.45, 7) is 4.73. The zero-order valence-corrected chi connectivity index (χ0v) is 17.1. The molecule has 4 rings (SSSR count). The van der Waals surface area contributed by atoms with Crippen molar-refractivity contribution in [3.05, 3.63) is 58.8 Å². The molecule has 3 atom stereocenters. The molecule has 0 radical (unpaired) electrons. The second kappa shape index (κ2) is 7.28. The Morgan fingerprint density at radius 3 is 2.86 bits per heavy atom. The van der Waals surface area contributed by atoms with Gasteiger partial charge in [-0.3, -0.25) is 5.32 Å². The van der Waals surface area contributed by atoms with E-state index in [0.29, 0.717) is 12.3 Å². The number of para-hydroxylation sites is 1. The number of fused-ring (bicyclic) bond motifs is 3. The lowest BCUT2D eigenvalue weighted by atomic mass is 9.81. The van der Waals surface area contributed by atoms with Gasteiger partial charge in [0.1, 0.15) is 5.75 Å². The van der Waals surface area contributed by atoms with Crippen molar-refractivity contribution in [2.45, 2.75) is 38.3 Å². The van der Waals surface area contributed by atoms with E-state index in [0.717, 1.165) is 35.3 Å². The molecule has 0 saturated carbocycles. The smallest absolute Gasteiger partial charge is 0.417 e. The number of carbonyl (C=O) groups excluding carboxylic acids is 1. The molecule has 6 nitrogen and oxygen atoms in total. The van der Waals surface area contributed by atoms with E-state index in [4.69, 9.17) is 4.74 Å². The number of likely N-dealkylation sites (N-methyl/N-ethyl adjacent to an activating group) is 1. The lowest BCUT2D eigenvalue weighted by Crippen LogP contribution is -2.50. The lowest BCUT2D eigenvalue weighted by Gasteiger charge is -2.41. The summed E-state index contributed by atoms with van der Waals surface area (Å²) in [6, 6.07) is 13.2. The highest BCUT2D eigenvalue weighted by Gasteiger charge is 2.55. The van der Waals surface area contributed by atoms with Gasteiger partial charge in [0.25, 0.3) is 0 Å². The van der Waals surface area contributed by atoms with E-state index >= 15 is 0 Å². The number of aryl methyl sites for hydroxylation is 1. The van der Waals surface area contributed by atoms with E-state index in [2.05, 4.69) is 17.6 Å². The van der Waals surface area contributed by atoms with E-state index in [1.165, 1.54) is 0 Å². The lowest BCUT2D eigenvalue weighted by molar-refractivity contribution is -0.870. The maximum absolute atomic E-state index is 12.7. The van der Waals surface area contributed by atoms with Crippen molar-refractivity contribution >= 4 is 29.9 Å². The number of hydrogen-bond acceptors (Lipinski definition) is 4. The summed E-state index contributed by atoms with van der Waals surface area (Å²) in [4.78, 5) is 12.4. The molecule has 1 fully saturated rings. The standard InChI is InChI=1S/C21H25N3O3.ClH/c1-4-14-7-5-6-8-17(14)23-20(25)27-15-9-10-18-16(13-15)21(2)11-12-24(3,26)19(21)22-18;/h5-10,13,19,22H,4,11-12H2,1-3H3,(H,23,25);1H/t19-,21-,24+;/m0./s1. The summed E-state index contributed by atoms with van der Waals surface area (Å²) in [5.41, 5.74) is 3.56. The van der Waals surface area contributed by atoms with Crippen LogP contribution in [0.3, 0.4) is 0 Å². The van der Waals surface area contributed by atoms with Crippen LogP contribution in [0, 0.1) is 5.21 Å². The molecule has 2 aromatic carbocycles. The topological polar surface area (TPSA) is 73.4 Å². The Bertz CT molecular complexity index is 902. The van der Waals surface area contributed by atoms with Crippen molar-refractivity contribution in [1.29, 1.82) is 0 Å².